The van der Waals surface area contributed by atoms with Gasteiger partial charge in [-0.2, -0.15) is 0 Å². The van der Waals surface area contributed by atoms with E-state index >= 15 is 0 Å². The van der Waals surface area contributed by atoms with Crippen LogP contribution in [0.1, 0.15) is 37.0 Å². The van der Waals surface area contributed by atoms with E-state index in [0.717, 1.165) is 6.07 Å². The summed E-state index contributed by atoms with van der Waals surface area (Å²) in [5.74, 6) is -0.840. The molecule has 18 heavy (non-hydrogen) atoms. The number of hydrogen-bond donors (Lipinski definition) is 1. The normalized spacial score (nSPS) is 12.6. The molecule has 0 aliphatic carbocycles. The Morgan fingerprint density at radius 2 is 2.00 bits per heavy atom. The monoisotopic (exact) mass is 254 g/mol. The van der Waals surface area contributed by atoms with E-state index in [2.05, 4.69) is 0 Å². The Bertz CT molecular complexity index is 414. The van der Waals surface area contributed by atoms with Crippen molar-refractivity contribution < 1.29 is 19.0 Å². The van der Waals surface area contributed by atoms with Crippen molar-refractivity contribution in [3.05, 3.63) is 29.6 Å². The number of benzene rings is 1. The summed E-state index contributed by atoms with van der Waals surface area (Å²) >= 11 is 0. The molecule has 0 fully saturated rings. The quantitative estimate of drug-likeness (QED) is 0.794. The fourth-order valence-corrected chi connectivity index (χ4v) is 1.98. The maximum absolute atomic E-state index is 13.2. The van der Waals surface area contributed by atoms with Crippen LogP contribution in [0.5, 0.6) is 5.75 Å². The second kappa shape index (κ2) is 6.50. The lowest BCUT2D eigenvalue weighted by Gasteiger charge is -2.19. The van der Waals surface area contributed by atoms with E-state index in [1.54, 1.807) is 0 Å². The molecule has 1 atom stereocenters. The fourth-order valence-electron chi connectivity index (χ4n) is 1.98. The summed E-state index contributed by atoms with van der Waals surface area (Å²) in [5.41, 5.74) is 0.0944. The smallest absolute Gasteiger partial charge is 0.195 e. The van der Waals surface area contributed by atoms with Gasteiger partial charge in [0.15, 0.2) is 5.78 Å². The highest BCUT2D eigenvalue weighted by molar-refractivity contribution is 6.01. The molecule has 1 aromatic rings. The molecule has 100 valence electrons. The van der Waals surface area contributed by atoms with Crippen LogP contribution in [0.25, 0.3) is 0 Å². The molecule has 0 saturated carbocycles. The highest BCUT2D eigenvalue weighted by Gasteiger charge is 2.26. The van der Waals surface area contributed by atoms with Crippen molar-refractivity contribution in [3.63, 3.8) is 0 Å². The van der Waals surface area contributed by atoms with Crippen LogP contribution >= 0.6 is 0 Å². The van der Waals surface area contributed by atoms with E-state index in [-0.39, 0.29) is 17.2 Å². The molecule has 1 N–H and O–H groups in total. The molecule has 1 rings (SSSR count). The van der Waals surface area contributed by atoms with Crippen molar-refractivity contribution in [2.45, 2.75) is 32.8 Å². The van der Waals surface area contributed by atoms with Gasteiger partial charge in [0.25, 0.3) is 0 Å². The Balaban J connectivity index is 3.05. The van der Waals surface area contributed by atoms with Gasteiger partial charge in [-0.15, -0.1) is 0 Å². The average Bonchev–Trinajstić information content (AvgIpc) is 2.39. The van der Waals surface area contributed by atoms with Crippen molar-refractivity contribution in [1.29, 1.82) is 0 Å². The molecule has 0 bridgehead atoms. The number of halogens is 1. The zero-order valence-corrected chi connectivity index (χ0v) is 10.9. The van der Waals surface area contributed by atoms with Crippen LogP contribution in [-0.4, -0.2) is 24.1 Å². The summed E-state index contributed by atoms with van der Waals surface area (Å²) < 4.78 is 18.2. The SMILES string of the molecule is CCC(CC)C(O)C(=O)c1cc(F)ccc1OC. The van der Waals surface area contributed by atoms with Gasteiger partial charge in [-0.05, 0) is 24.1 Å². The maximum atomic E-state index is 13.2. The summed E-state index contributed by atoms with van der Waals surface area (Å²) in [5, 5.41) is 10.0. The van der Waals surface area contributed by atoms with Gasteiger partial charge < -0.3 is 9.84 Å². The van der Waals surface area contributed by atoms with Gasteiger partial charge in [-0.3, -0.25) is 4.79 Å². The first-order chi connectivity index (χ1) is 8.54. The highest BCUT2D eigenvalue weighted by atomic mass is 19.1. The number of ketones is 1. The number of Topliss-reactive ketones (excluding diaryl/α,β-unsaturated/α-hetero) is 1. The molecule has 3 nitrogen and oxygen atoms in total. The summed E-state index contributed by atoms with van der Waals surface area (Å²) in [6.45, 7) is 3.82. The number of hydrogen-bond acceptors (Lipinski definition) is 3. The van der Waals surface area contributed by atoms with Crippen LogP contribution in [0.2, 0.25) is 0 Å². The van der Waals surface area contributed by atoms with Crippen LogP contribution in [0.15, 0.2) is 18.2 Å². The van der Waals surface area contributed by atoms with Gasteiger partial charge in [0, 0.05) is 0 Å². The fraction of sp³-hybridized carbons (Fsp3) is 0.500. The van der Waals surface area contributed by atoms with Crippen LogP contribution in [0.4, 0.5) is 4.39 Å². The Kier molecular flexibility index (Phi) is 5.28. The molecule has 1 unspecified atom stereocenters. The Morgan fingerprint density at radius 3 is 2.50 bits per heavy atom. The van der Waals surface area contributed by atoms with Gasteiger partial charge in [0.05, 0.1) is 12.7 Å². The summed E-state index contributed by atoms with van der Waals surface area (Å²) in [4.78, 5) is 12.1. The Morgan fingerprint density at radius 1 is 1.39 bits per heavy atom. The minimum absolute atomic E-state index is 0.0944. The molecule has 0 heterocycles. The third-order valence-corrected chi connectivity index (χ3v) is 3.19. The van der Waals surface area contributed by atoms with Crippen molar-refractivity contribution in [3.8, 4) is 5.75 Å². The third kappa shape index (κ3) is 3.07. The van der Waals surface area contributed by atoms with Crippen molar-refractivity contribution in [2.24, 2.45) is 5.92 Å². The lowest BCUT2D eigenvalue weighted by atomic mass is 9.90. The van der Waals surface area contributed by atoms with Gasteiger partial charge >= 0.3 is 0 Å². The number of aliphatic hydroxyl groups is 1. The van der Waals surface area contributed by atoms with E-state index in [1.165, 1.54) is 19.2 Å². The molecule has 0 aromatic heterocycles. The topological polar surface area (TPSA) is 46.5 Å². The van der Waals surface area contributed by atoms with Crippen molar-refractivity contribution in [2.75, 3.05) is 7.11 Å². The molecule has 0 aliphatic heterocycles. The number of aliphatic hydroxyl groups excluding tert-OH is 1. The molecule has 0 amide bonds. The first-order valence-electron chi connectivity index (χ1n) is 6.10. The number of methoxy groups -OCH3 is 1. The molecule has 0 radical (unpaired) electrons. The van der Waals surface area contributed by atoms with Crippen molar-refractivity contribution >= 4 is 5.78 Å². The largest absolute Gasteiger partial charge is 0.496 e. The summed E-state index contributed by atoms with van der Waals surface area (Å²) in [6.07, 6.45) is 0.276. The second-order valence-corrected chi connectivity index (χ2v) is 4.23. The lowest BCUT2D eigenvalue weighted by Crippen LogP contribution is -2.29. The van der Waals surface area contributed by atoms with E-state index < -0.39 is 17.7 Å². The molecular formula is C14H19FO3. The predicted octanol–water partition coefficient (Wildman–Crippen LogP) is 2.81. The number of carbonyl (C=O) groups is 1. The maximum Gasteiger partial charge on any atom is 0.195 e. The molecule has 0 saturated heterocycles. The summed E-state index contributed by atoms with van der Waals surface area (Å²) in [7, 11) is 1.41. The van der Waals surface area contributed by atoms with Crippen molar-refractivity contribution in [1.82, 2.24) is 0 Å². The van der Waals surface area contributed by atoms with Gasteiger partial charge in [-0.25, -0.2) is 4.39 Å². The first-order valence-corrected chi connectivity index (χ1v) is 6.10. The standard InChI is InChI=1S/C14H19FO3/c1-4-9(5-2)13(16)14(17)11-8-10(15)6-7-12(11)18-3/h6-9,13,16H,4-5H2,1-3H3. The third-order valence-electron chi connectivity index (χ3n) is 3.19. The summed E-state index contributed by atoms with van der Waals surface area (Å²) in [6, 6.07) is 3.72. The molecule has 0 spiro atoms. The van der Waals surface area contributed by atoms with Gasteiger partial charge in [-0.1, -0.05) is 26.7 Å². The number of ether oxygens (including phenoxy) is 1. The van der Waals surface area contributed by atoms with Crippen LogP contribution in [0.3, 0.4) is 0 Å². The van der Waals surface area contributed by atoms with E-state index in [1.807, 2.05) is 13.8 Å². The second-order valence-electron chi connectivity index (χ2n) is 4.23. The first kappa shape index (κ1) is 14.6. The Labute approximate surface area is 107 Å². The Hall–Kier alpha value is -1.42. The minimum atomic E-state index is -1.12. The number of rotatable bonds is 6. The predicted molar refractivity (Wildman–Crippen MR) is 67.4 cm³/mol. The lowest BCUT2D eigenvalue weighted by molar-refractivity contribution is 0.0584. The average molecular weight is 254 g/mol. The number of carbonyl (C=O) groups excluding carboxylic acids is 1. The minimum Gasteiger partial charge on any atom is -0.496 e. The van der Waals surface area contributed by atoms with Crippen LogP contribution < -0.4 is 4.74 Å². The van der Waals surface area contributed by atoms with E-state index in [0.29, 0.717) is 12.8 Å². The molecule has 4 heteroatoms. The zero-order valence-electron chi connectivity index (χ0n) is 10.9. The highest BCUT2D eigenvalue weighted by Crippen LogP contribution is 2.24. The van der Waals surface area contributed by atoms with Gasteiger partial charge in [0.1, 0.15) is 17.7 Å². The zero-order chi connectivity index (χ0) is 13.7. The van der Waals surface area contributed by atoms with Crippen LogP contribution in [0, 0.1) is 11.7 Å². The molecule has 1 aromatic carbocycles. The van der Waals surface area contributed by atoms with E-state index in [9.17, 15) is 14.3 Å². The molecular weight excluding hydrogens is 235 g/mol. The van der Waals surface area contributed by atoms with Gasteiger partial charge in [0.2, 0.25) is 0 Å². The van der Waals surface area contributed by atoms with E-state index in [4.69, 9.17) is 4.74 Å². The van der Waals surface area contributed by atoms with Crippen LogP contribution in [-0.2, 0) is 0 Å². The molecule has 0 aliphatic rings.